The third-order valence-corrected chi connectivity index (χ3v) is 1.51. The van der Waals surface area contributed by atoms with Crippen LogP contribution < -0.4 is 0 Å². The zero-order chi connectivity index (χ0) is 7.23. The van der Waals surface area contributed by atoms with Crippen molar-refractivity contribution in [3.8, 4) is 0 Å². The summed E-state index contributed by atoms with van der Waals surface area (Å²) in [5.41, 5.74) is 0. The summed E-state index contributed by atoms with van der Waals surface area (Å²) >= 11 is 0. The van der Waals surface area contributed by atoms with E-state index in [0.717, 1.165) is 25.9 Å². The van der Waals surface area contributed by atoms with Crippen molar-refractivity contribution in [2.75, 3.05) is 13.2 Å². The predicted molar refractivity (Wildman–Crippen MR) is 35.6 cm³/mol. The van der Waals surface area contributed by atoms with Gasteiger partial charge in [-0.25, -0.2) is 0 Å². The van der Waals surface area contributed by atoms with Gasteiger partial charge in [0.05, 0.1) is 19.3 Å². The molecule has 1 heterocycles. The van der Waals surface area contributed by atoms with E-state index in [1.807, 2.05) is 0 Å². The second kappa shape index (κ2) is 4.28. The van der Waals surface area contributed by atoms with Crippen LogP contribution in [0.25, 0.3) is 0 Å². The first-order chi connectivity index (χ1) is 4.93. The molecular formula is C7H12O3. The van der Waals surface area contributed by atoms with Crippen molar-refractivity contribution in [3.05, 3.63) is 0 Å². The molecule has 0 spiro atoms. The van der Waals surface area contributed by atoms with Crippen LogP contribution in [-0.2, 0) is 14.3 Å². The monoisotopic (exact) mass is 144 g/mol. The minimum atomic E-state index is 0.494. The van der Waals surface area contributed by atoms with E-state index >= 15 is 0 Å². The van der Waals surface area contributed by atoms with Crippen LogP contribution in [-0.4, -0.2) is 25.8 Å². The number of carbonyl (C=O) groups excluding carboxylic acids is 1. The summed E-state index contributed by atoms with van der Waals surface area (Å²) in [5, 5.41) is 0. The third kappa shape index (κ3) is 3.45. The number of hydrogen-bond donors (Lipinski definition) is 0. The van der Waals surface area contributed by atoms with Gasteiger partial charge >= 0.3 is 0 Å². The Morgan fingerprint density at radius 1 is 1.60 bits per heavy atom. The molecule has 0 aromatic carbocycles. The van der Waals surface area contributed by atoms with E-state index < -0.39 is 0 Å². The van der Waals surface area contributed by atoms with Crippen molar-refractivity contribution in [3.63, 3.8) is 0 Å². The lowest BCUT2D eigenvalue weighted by atomic mass is 10.2. The average Bonchev–Trinajstić information content (AvgIpc) is 2.71. The number of carbonyl (C=O) groups is 1. The largest absolute Gasteiger partial charge is 0.468 e. The SMILES string of the molecule is O=COCCCCC1CO1. The van der Waals surface area contributed by atoms with E-state index in [4.69, 9.17) is 4.74 Å². The Balaban J connectivity index is 1.72. The number of hydrogen-bond acceptors (Lipinski definition) is 3. The molecule has 0 aromatic heterocycles. The second-order valence-corrected chi connectivity index (χ2v) is 2.42. The lowest BCUT2D eigenvalue weighted by Crippen LogP contribution is -1.93. The molecule has 1 fully saturated rings. The first-order valence-electron chi connectivity index (χ1n) is 3.60. The van der Waals surface area contributed by atoms with Gasteiger partial charge in [0.2, 0.25) is 0 Å². The molecule has 10 heavy (non-hydrogen) atoms. The minimum Gasteiger partial charge on any atom is -0.468 e. The van der Waals surface area contributed by atoms with Crippen LogP contribution >= 0.6 is 0 Å². The standard InChI is InChI=1S/C7H12O3/c8-6-9-4-2-1-3-7-5-10-7/h6-7H,1-5H2. The molecule has 0 radical (unpaired) electrons. The molecule has 1 unspecified atom stereocenters. The highest BCUT2D eigenvalue weighted by Crippen LogP contribution is 2.15. The zero-order valence-corrected chi connectivity index (χ0v) is 5.91. The van der Waals surface area contributed by atoms with Crippen LogP contribution in [0.2, 0.25) is 0 Å². The Hall–Kier alpha value is -0.570. The van der Waals surface area contributed by atoms with Gasteiger partial charge < -0.3 is 9.47 Å². The molecule has 58 valence electrons. The van der Waals surface area contributed by atoms with Gasteiger partial charge in [-0.15, -0.1) is 0 Å². The maximum absolute atomic E-state index is 9.67. The second-order valence-electron chi connectivity index (χ2n) is 2.42. The van der Waals surface area contributed by atoms with Crippen molar-refractivity contribution < 1.29 is 14.3 Å². The normalized spacial score (nSPS) is 22.2. The third-order valence-electron chi connectivity index (χ3n) is 1.51. The molecule has 0 aromatic rings. The number of rotatable bonds is 6. The van der Waals surface area contributed by atoms with Crippen molar-refractivity contribution in [1.82, 2.24) is 0 Å². The Morgan fingerprint density at radius 3 is 3.00 bits per heavy atom. The zero-order valence-electron chi connectivity index (χ0n) is 5.91. The molecular weight excluding hydrogens is 132 g/mol. The first-order valence-corrected chi connectivity index (χ1v) is 3.60. The minimum absolute atomic E-state index is 0.494. The fourth-order valence-electron chi connectivity index (χ4n) is 0.840. The van der Waals surface area contributed by atoms with E-state index in [0.29, 0.717) is 19.2 Å². The fourth-order valence-corrected chi connectivity index (χ4v) is 0.840. The van der Waals surface area contributed by atoms with Crippen LogP contribution in [0.15, 0.2) is 0 Å². The molecule has 0 amide bonds. The van der Waals surface area contributed by atoms with E-state index in [2.05, 4.69) is 4.74 Å². The molecule has 0 saturated carbocycles. The molecule has 1 saturated heterocycles. The van der Waals surface area contributed by atoms with Crippen LogP contribution in [0.1, 0.15) is 19.3 Å². The smallest absolute Gasteiger partial charge is 0.293 e. The van der Waals surface area contributed by atoms with Gasteiger partial charge in [-0.2, -0.15) is 0 Å². The summed E-state index contributed by atoms with van der Waals surface area (Å²) in [4.78, 5) is 9.67. The van der Waals surface area contributed by atoms with Crippen LogP contribution in [0.5, 0.6) is 0 Å². The molecule has 1 aliphatic heterocycles. The fraction of sp³-hybridized carbons (Fsp3) is 0.857. The predicted octanol–water partition coefficient (Wildman–Crippen LogP) is 0.729. The summed E-state index contributed by atoms with van der Waals surface area (Å²) in [6, 6.07) is 0. The molecule has 3 nitrogen and oxygen atoms in total. The average molecular weight is 144 g/mol. The molecule has 3 heteroatoms. The molecule has 0 aliphatic carbocycles. The van der Waals surface area contributed by atoms with E-state index in [1.54, 1.807) is 0 Å². The Labute approximate surface area is 60.3 Å². The lowest BCUT2D eigenvalue weighted by Gasteiger charge is -1.95. The molecule has 1 aliphatic rings. The van der Waals surface area contributed by atoms with E-state index in [1.165, 1.54) is 0 Å². The number of epoxide rings is 1. The summed E-state index contributed by atoms with van der Waals surface area (Å²) in [5.74, 6) is 0. The highest BCUT2D eigenvalue weighted by Gasteiger charge is 2.20. The van der Waals surface area contributed by atoms with Crippen LogP contribution in [0.3, 0.4) is 0 Å². The van der Waals surface area contributed by atoms with E-state index in [9.17, 15) is 4.79 Å². The summed E-state index contributed by atoms with van der Waals surface area (Å²) in [7, 11) is 0. The maximum Gasteiger partial charge on any atom is 0.293 e. The number of ether oxygens (including phenoxy) is 2. The van der Waals surface area contributed by atoms with E-state index in [-0.39, 0.29) is 0 Å². The maximum atomic E-state index is 9.67. The van der Waals surface area contributed by atoms with Gasteiger partial charge in [-0.1, -0.05) is 0 Å². The molecule has 0 N–H and O–H groups in total. The molecule has 1 atom stereocenters. The Morgan fingerprint density at radius 2 is 2.40 bits per heavy atom. The molecule has 0 bridgehead atoms. The quantitative estimate of drug-likeness (QED) is 0.313. The van der Waals surface area contributed by atoms with Crippen LogP contribution in [0, 0.1) is 0 Å². The van der Waals surface area contributed by atoms with Gasteiger partial charge in [0.15, 0.2) is 0 Å². The van der Waals surface area contributed by atoms with Gasteiger partial charge in [-0.3, -0.25) is 4.79 Å². The topological polar surface area (TPSA) is 38.8 Å². The van der Waals surface area contributed by atoms with Crippen molar-refractivity contribution >= 4 is 6.47 Å². The Bertz CT molecular complexity index is 99.0. The van der Waals surface area contributed by atoms with Gasteiger partial charge in [0.1, 0.15) is 0 Å². The molecule has 1 rings (SSSR count). The number of unbranched alkanes of at least 4 members (excludes halogenated alkanes) is 1. The summed E-state index contributed by atoms with van der Waals surface area (Å²) in [6.07, 6.45) is 3.68. The van der Waals surface area contributed by atoms with Crippen molar-refractivity contribution in [1.29, 1.82) is 0 Å². The Kier molecular flexibility index (Phi) is 3.22. The van der Waals surface area contributed by atoms with Gasteiger partial charge in [0, 0.05) is 0 Å². The van der Waals surface area contributed by atoms with Crippen molar-refractivity contribution in [2.45, 2.75) is 25.4 Å². The lowest BCUT2D eigenvalue weighted by molar-refractivity contribution is -0.128. The van der Waals surface area contributed by atoms with Gasteiger partial charge in [-0.05, 0) is 19.3 Å². The highest BCUT2D eigenvalue weighted by molar-refractivity contribution is 5.36. The first kappa shape index (κ1) is 7.54. The summed E-state index contributed by atoms with van der Waals surface area (Å²) in [6.45, 7) is 1.97. The van der Waals surface area contributed by atoms with Gasteiger partial charge in [0.25, 0.3) is 6.47 Å². The van der Waals surface area contributed by atoms with Crippen molar-refractivity contribution in [2.24, 2.45) is 0 Å². The summed E-state index contributed by atoms with van der Waals surface area (Å²) < 4.78 is 9.52. The highest BCUT2D eigenvalue weighted by atomic mass is 16.6. The van der Waals surface area contributed by atoms with Crippen LogP contribution in [0.4, 0.5) is 0 Å².